The van der Waals surface area contributed by atoms with E-state index in [1.165, 1.54) is 22.9 Å². The first-order valence-corrected chi connectivity index (χ1v) is 11.8. The molecule has 0 spiro atoms. The molecule has 1 heterocycles. The second kappa shape index (κ2) is 10.0. The van der Waals surface area contributed by atoms with Crippen molar-refractivity contribution in [2.75, 3.05) is 18.2 Å². The van der Waals surface area contributed by atoms with E-state index < -0.39 is 0 Å². The van der Waals surface area contributed by atoms with E-state index in [0.29, 0.717) is 17.9 Å². The van der Waals surface area contributed by atoms with Gasteiger partial charge < -0.3 is 10.1 Å². The van der Waals surface area contributed by atoms with Gasteiger partial charge in [-0.3, -0.25) is 9.79 Å². The quantitative estimate of drug-likeness (QED) is 0.473. The van der Waals surface area contributed by atoms with Crippen molar-refractivity contribution >= 4 is 45.5 Å². The number of benzene rings is 3. The maximum Gasteiger partial charge on any atom is 0.234 e. The summed E-state index contributed by atoms with van der Waals surface area (Å²) in [4.78, 5) is 22.6. The molecule has 0 atom stereocenters. The molecule has 0 fully saturated rings. The summed E-state index contributed by atoms with van der Waals surface area (Å²) >= 11 is 1.44. The number of aryl methyl sites for hydroxylation is 3. The first-order chi connectivity index (χ1) is 15.9. The van der Waals surface area contributed by atoms with Gasteiger partial charge in [0.15, 0.2) is 0 Å². The third-order valence-electron chi connectivity index (χ3n) is 5.52. The predicted molar refractivity (Wildman–Crippen MR) is 139 cm³/mol. The number of ether oxygens (including phenoxy) is 1. The topological polar surface area (TPSA) is 63.0 Å². The van der Waals surface area contributed by atoms with Crippen LogP contribution in [0.25, 0.3) is 0 Å². The molecule has 1 aliphatic rings. The normalized spacial score (nSPS) is 12.8. The van der Waals surface area contributed by atoms with Gasteiger partial charge in [0.1, 0.15) is 5.75 Å². The highest BCUT2D eigenvalue weighted by Crippen LogP contribution is 2.36. The van der Waals surface area contributed by atoms with Crippen LogP contribution in [0.5, 0.6) is 5.75 Å². The third kappa shape index (κ3) is 5.52. The van der Waals surface area contributed by atoms with Crippen molar-refractivity contribution in [1.82, 2.24) is 0 Å². The zero-order valence-corrected chi connectivity index (χ0v) is 20.1. The fourth-order valence-electron chi connectivity index (χ4n) is 3.60. The number of fused-ring (bicyclic) bond motifs is 1. The van der Waals surface area contributed by atoms with E-state index in [1.54, 1.807) is 7.11 Å². The van der Waals surface area contributed by atoms with Crippen molar-refractivity contribution in [3.63, 3.8) is 0 Å². The summed E-state index contributed by atoms with van der Waals surface area (Å²) in [6.45, 7) is 6.14. The summed E-state index contributed by atoms with van der Waals surface area (Å²) in [6.07, 6.45) is 0.572. The number of methoxy groups -OCH3 is 1. The lowest BCUT2D eigenvalue weighted by Crippen LogP contribution is -2.17. The van der Waals surface area contributed by atoms with Crippen LogP contribution in [0, 0.1) is 20.8 Å². The van der Waals surface area contributed by atoms with Gasteiger partial charge in [-0.05, 0) is 67.3 Å². The third-order valence-corrected chi connectivity index (χ3v) is 6.49. The number of carbonyl (C=O) groups excluding carboxylic acids is 1. The maximum absolute atomic E-state index is 12.7. The molecular formula is C27H27N3O2S. The average molecular weight is 458 g/mol. The van der Waals surface area contributed by atoms with Gasteiger partial charge in [0.05, 0.1) is 40.7 Å². The van der Waals surface area contributed by atoms with E-state index >= 15 is 0 Å². The highest BCUT2D eigenvalue weighted by Gasteiger charge is 2.18. The zero-order chi connectivity index (χ0) is 23.4. The Kier molecular flexibility index (Phi) is 6.94. The average Bonchev–Trinajstić information content (AvgIpc) is 2.98. The van der Waals surface area contributed by atoms with Crippen molar-refractivity contribution < 1.29 is 9.53 Å². The number of thioether (sulfide) groups is 1. The maximum atomic E-state index is 12.7. The minimum atomic E-state index is -0.102. The second-order valence-corrected chi connectivity index (χ2v) is 9.12. The standard InChI is InChI=1S/C27H27N3O2S/c1-17-10-11-25(32-4)24(12-17)29-26(31)16-33-27-15-21(20-8-6-5-7-9-20)28-22-13-18(2)19(3)14-23(22)30-27/h5-14H,15-16H2,1-4H3,(H,29,31). The molecule has 0 saturated carbocycles. The van der Waals surface area contributed by atoms with Crippen molar-refractivity contribution in [2.24, 2.45) is 9.98 Å². The van der Waals surface area contributed by atoms with Gasteiger partial charge in [-0.1, -0.05) is 36.4 Å². The molecular weight excluding hydrogens is 430 g/mol. The van der Waals surface area contributed by atoms with Crippen molar-refractivity contribution in [3.8, 4) is 5.75 Å². The van der Waals surface area contributed by atoms with E-state index in [4.69, 9.17) is 14.7 Å². The highest BCUT2D eigenvalue weighted by molar-refractivity contribution is 8.14. The Morgan fingerprint density at radius 1 is 0.970 bits per heavy atom. The molecule has 0 bridgehead atoms. The molecule has 1 N–H and O–H groups in total. The Labute approximate surface area is 199 Å². The number of carbonyl (C=O) groups is 1. The van der Waals surface area contributed by atoms with Gasteiger partial charge in [0, 0.05) is 6.42 Å². The van der Waals surface area contributed by atoms with Gasteiger partial charge in [-0.25, -0.2) is 4.99 Å². The summed E-state index contributed by atoms with van der Waals surface area (Å²) < 4.78 is 5.37. The van der Waals surface area contributed by atoms with Crippen molar-refractivity contribution in [1.29, 1.82) is 0 Å². The fraction of sp³-hybridized carbons (Fsp3) is 0.222. The van der Waals surface area contributed by atoms with Crippen LogP contribution in [0.4, 0.5) is 17.1 Å². The Morgan fingerprint density at radius 2 is 1.67 bits per heavy atom. The van der Waals surface area contributed by atoms with Crippen LogP contribution in [0.2, 0.25) is 0 Å². The first kappa shape index (κ1) is 22.8. The van der Waals surface area contributed by atoms with Gasteiger partial charge in [-0.2, -0.15) is 0 Å². The highest BCUT2D eigenvalue weighted by atomic mass is 32.2. The summed E-state index contributed by atoms with van der Waals surface area (Å²) in [5.74, 6) is 0.788. The minimum absolute atomic E-state index is 0.102. The lowest BCUT2D eigenvalue weighted by atomic mass is 10.1. The molecule has 0 saturated heterocycles. The van der Waals surface area contributed by atoms with E-state index in [2.05, 4.69) is 43.4 Å². The predicted octanol–water partition coefficient (Wildman–Crippen LogP) is 6.55. The van der Waals surface area contributed by atoms with Gasteiger partial charge >= 0.3 is 0 Å². The number of aliphatic imine (C=N–C) groups is 2. The van der Waals surface area contributed by atoms with Crippen LogP contribution < -0.4 is 10.1 Å². The molecule has 3 aromatic carbocycles. The molecule has 0 unspecified atom stereocenters. The summed E-state index contributed by atoms with van der Waals surface area (Å²) in [7, 11) is 1.60. The molecule has 0 radical (unpaired) electrons. The second-order valence-electron chi connectivity index (χ2n) is 8.07. The van der Waals surface area contributed by atoms with Gasteiger partial charge in [0.2, 0.25) is 5.91 Å². The number of nitrogens with one attached hydrogen (secondary N) is 1. The number of anilines is 1. The number of nitrogens with zero attached hydrogens (tertiary/aromatic N) is 2. The van der Waals surface area contributed by atoms with Crippen LogP contribution in [-0.4, -0.2) is 29.5 Å². The summed E-state index contributed by atoms with van der Waals surface area (Å²) in [5, 5.41) is 3.83. The van der Waals surface area contributed by atoms with Crippen LogP contribution in [0.1, 0.15) is 28.7 Å². The largest absolute Gasteiger partial charge is 0.495 e. The van der Waals surface area contributed by atoms with Gasteiger partial charge in [-0.15, -0.1) is 11.8 Å². The number of hydrogen-bond acceptors (Lipinski definition) is 5. The van der Waals surface area contributed by atoms with Crippen molar-refractivity contribution in [2.45, 2.75) is 27.2 Å². The summed E-state index contributed by atoms with van der Waals surface area (Å²) in [5.41, 5.74) is 7.79. The van der Waals surface area contributed by atoms with Gasteiger partial charge in [0.25, 0.3) is 0 Å². The molecule has 4 rings (SSSR count). The zero-order valence-electron chi connectivity index (χ0n) is 19.3. The molecule has 6 heteroatoms. The monoisotopic (exact) mass is 457 g/mol. The van der Waals surface area contributed by atoms with Crippen molar-refractivity contribution in [3.05, 3.63) is 82.9 Å². The molecule has 1 amide bonds. The van der Waals surface area contributed by atoms with E-state index in [-0.39, 0.29) is 11.7 Å². The molecule has 0 aliphatic carbocycles. The Hall–Kier alpha value is -3.38. The number of amides is 1. The minimum Gasteiger partial charge on any atom is -0.495 e. The molecule has 168 valence electrons. The van der Waals surface area contributed by atoms with Crippen LogP contribution >= 0.6 is 11.8 Å². The van der Waals surface area contributed by atoms with E-state index in [1.807, 2.05) is 43.3 Å². The fourth-order valence-corrected chi connectivity index (χ4v) is 4.37. The lowest BCUT2D eigenvalue weighted by Gasteiger charge is -2.11. The Bertz CT molecular complexity index is 1250. The Morgan fingerprint density at radius 3 is 2.36 bits per heavy atom. The molecule has 3 aromatic rings. The van der Waals surface area contributed by atoms with Crippen LogP contribution in [0.3, 0.4) is 0 Å². The smallest absolute Gasteiger partial charge is 0.234 e. The SMILES string of the molecule is COc1ccc(C)cc1NC(=O)CSC1=Nc2cc(C)c(C)cc2N=C(c2ccccc2)C1. The molecule has 5 nitrogen and oxygen atoms in total. The molecule has 1 aliphatic heterocycles. The van der Waals surface area contributed by atoms with E-state index in [9.17, 15) is 4.79 Å². The number of rotatable bonds is 5. The van der Waals surface area contributed by atoms with E-state index in [0.717, 1.165) is 33.3 Å². The van der Waals surface area contributed by atoms with Crippen LogP contribution in [0.15, 0.2) is 70.6 Å². The molecule has 33 heavy (non-hydrogen) atoms. The lowest BCUT2D eigenvalue weighted by molar-refractivity contribution is -0.113. The summed E-state index contributed by atoms with van der Waals surface area (Å²) in [6, 6.07) is 20.0. The number of hydrogen-bond donors (Lipinski definition) is 1. The van der Waals surface area contributed by atoms with Crippen LogP contribution in [-0.2, 0) is 4.79 Å². The first-order valence-electron chi connectivity index (χ1n) is 10.8. The Balaban J connectivity index is 1.57. The molecule has 0 aromatic heterocycles.